The minimum absolute atomic E-state index is 0. The van der Waals surface area contributed by atoms with E-state index in [9.17, 15) is 0 Å². The van der Waals surface area contributed by atoms with Crippen LogP contribution in [0.15, 0.2) is 23.3 Å². The van der Waals surface area contributed by atoms with Crippen LogP contribution < -0.4 is 4.90 Å². The molecule has 0 aromatic heterocycles. The number of likely N-dealkylation sites (N-methyl/N-ethyl adjacent to an activating group) is 1. The van der Waals surface area contributed by atoms with Gasteiger partial charge >= 0.3 is 0 Å². The molecular formula is C13H14N3Y-. The van der Waals surface area contributed by atoms with Crippen LogP contribution in [0, 0.1) is 5.92 Å². The summed E-state index contributed by atoms with van der Waals surface area (Å²) < 4.78 is 0. The Labute approximate surface area is 127 Å². The van der Waals surface area contributed by atoms with Gasteiger partial charge in [-0.15, -0.1) is 12.0 Å². The fraction of sp³-hybridized carbons (Fsp3) is 0.385. The Morgan fingerprint density at radius 1 is 1.35 bits per heavy atom. The quantitative estimate of drug-likeness (QED) is 0.682. The zero-order valence-corrected chi connectivity index (χ0v) is 13.0. The second kappa shape index (κ2) is 3.73. The van der Waals surface area contributed by atoms with Gasteiger partial charge in [0.25, 0.3) is 0 Å². The van der Waals surface area contributed by atoms with Crippen molar-refractivity contribution in [2.45, 2.75) is 25.9 Å². The normalized spacial score (nSPS) is 23.5. The van der Waals surface area contributed by atoms with Crippen molar-refractivity contribution < 1.29 is 32.7 Å². The first kappa shape index (κ1) is 11.5. The predicted octanol–water partition coefficient (Wildman–Crippen LogP) is 1.98. The molecule has 0 saturated heterocycles. The molecule has 0 spiro atoms. The van der Waals surface area contributed by atoms with E-state index in [-0.39, 0.29) is 32.7 Å². The van der Waals surface area contributed by atoms with E-state index in [1.807, 2.05) is 0 Å². The molecule has 3 aliphatic heterocycles. The number of para-hydroxylation sites is 1. The van der Waals surface area contributed by atoms with Gasteiger partial charge in [-0.3, -0.25) is 5.01 Å². The van der Waals surface area contributed by atoms with E-state index in [0.717, 1.165) is 12.8 Å². The summed E-state index contributed by atoms with van der Waals surface area (Å²) in [4.78, 5) is 2.42. The molecule has 0 saturated carbocycles. The summed E-state index contributed by atoms with van der Waals surface area (Å²) in [5.41, 5.74) is 4.31. The summed E-state index contributed by atoms with van der Waals surface area (Å²) in [6, 6.07) is 6.68. The fourth-order valence-electron chi connectivity index (χ4n) is 3.27. The standard InChI is InChI=1S/C13H14N3.Y/c1-8-10-5-3-4-9-6-7-11-14-15(2)13(8)16(11)12(9)10;/h3-5,13H,6-7H2,1-2H3;/q-1;. The molecule has 1 atom stereocenters. The van der Waals surface area contributed by atoms with Crippen molar-refractivity contribution in [3.8, 4) is 0 Å². The summed E-state index contributed by atoms with van der Waals surface area (Å²) in [7, 11) is 2.07. The summed E-state index contributed by atoms with van der Waals surface area (Å²) in [6.07, 6.45) is 2.54. The summed E-state index contributed by atoms with van der Waals surface area (Å²) in [6.45, 7) is 2.23. The largest absolute Gasteiger partial charge is 0.367 e. The maximum absolute atomic E-state index is 4.64. The third kappa shape index (κ3) is 1.30. The van der Waals surface area contributed by atoms with E-state index in [1.54, 1.807) is 0 Å². The van der Waals surface area contributed by atoms with Crippen molar-refractivity contribution >= 4 is 11.5 Å². The summed E-state index contributed by atoms with van der Waals surface area (Å²) in [5.74, 6) is 2.67. The minimum atomic E-state index is 0. The molecule has 0 bridgehead atoms. The van der Waals surface area contributed by atoms with Crippen LogP contribution in [0.4, 0.5) is 5.69 Å². The van der Waals surface area contributed by atoms with Crippen molar-refractivity contribution in [2.24, 2.45) is 5.10 Å². The molecule has 85 valence electrons. The van der Waals surface area contributed by atoms with E-state index in [2.05, 4.69) is 47.2 Å². The van der Waals surface area contributed by atoms with E-state index in [0.29, 0.717) is 6.17 Å². The average molecular weight is 301 g/mol. The molecule has 17 heavy (non-hydrogen) atoms. The van der Waals surface area contributed by atoms with Crippen molar-refractivity contribution in [3.63, 3.8) is 0 Å². The van der Waals surface area contributed by atoms with Gasteiger partial charge in [0.05, 0.1) is 6.17 Å². The fourth-order valence-corrected chi connectivity index (χ4v) is 3.27. The molecule has 0 fully saturated rings. The minimum Gasteiger partial charge on any atom is -0.367 e. The Bertz CT molecular complexity index is 511. The first-order chi connectivity index (χ1) is 7.77. The van der Waals surface area contributed by atoms with Crippen LogP contribution in [-0.2, 0) is 39.1 Å². The second-order valence-corrected chi connectivity index (χ2v) is 4.83. The van der Waals surface area contributed by atoms with Gasteiger partial charge in [-0.1, -0.05) is 24.2 Å². The first-order valence-electron chi connectivity index (χ1n) is 5.82. The van der Waals surface area contributed by atoms with E-state index in [4.69, 9.17) is 0 Å². The van der Waals surface area contributed by atoms with Crippen molar-refractivity contribution in [1.29, 1.82) is 0 Å². The number of amidine groups is 1. The van der Waals surface area contributed by atoms with Crippen molar-refractivity contribution in [3.05, 3.63) is 35.2 Å². The van der Waals surface area contributed by atoms with Crippen LogP contribution in [0.3, 0.4) is 0 Å². The van der Waals surface area contributed by atoms with Gasteiger partial charge in [-0.05, 0) is 6.42 Å². The van der Waals surface area contributed by atoms with Gasteiger partial charge in [0, 0.05) is 46.2 Å². The Hall–Kier alpha value is -0.536. The second-order valence-electron chi connectivity index (χ2n) is 4.83. The molecular weight excluding hydrogens is 287 g/mol. The Morgan fingerprint density at radius 3 is 3.00 bits per heavy atom. The van der Waals surface area contributed by atoms with Gasteiger partial charge in [0.1, 0.15) is 5.84 Å². The van der Waals surface area contributed by atoms with Gasteiger partial charge in [-0.2, -0.15) is 16.7 Å². The maximum Gasteiger partial charge on any atom is 0.119 e. The number of anilines is 1. The molecule has 1 aromatic carbocycles. The maximum atomic E-state index is 4.64. The van der Waals surface area contributed by atoms with Gasteiger partial charge in [0.2, 0.25) is 0 Å². The number of rotatable bonds is 0. The van der Waals surface area contributed by atoms with Crippen LogP contribution >= 0.6 is 0 Å². The average Bonchev–Trinajstić information content (AvgIpc) is 2.77. The van der Waals surface area contributed by atoms with Gasteiger partial charge < -0.3 is 4.90 Å². The van der Waals surface area contributed by atoms with Crippen LogP contribution in [-0.4, -0.2) is 24.1 Å². The zero-order valence-electron chi connectivity index (χ0n) is 10.1. The molecule has 3 nitrogen and oxygen atoms in total. The van der Waals surface area contributed by atoms with Gasteiger partial charge in [-0.25, -0.2) is 0 Å². The van der Waals surface area contributed by atoms with Crippen molar-refractivity contribution in [1.82, 2.24) is 5.01 Å². The molecule has 0 amide bonds. The molecule has 3 aliphatic rings. The number of hydrogen-bond acceptors (Lipinski definition) is 3. The van der Waals surface area contributed by atoms with E-state index in [1.165, 1.54) is 28.6 Å². The Kier molecular flexibility index (Phi) is 2.53. The predicted molar refractivity (Wildman–Crippen MR) is 64.2 cm³/mol. The smallest absolute Gasteiger partial charge is 0.119 e. The van der Waals surface area contributed by atoms with E-state index >= 15 is 0 Å². The molecule has 4 rings (SSSR count). The SMILES string of the molecule is C[C-]1c2cccc3c2N2C(=NN(C)C12)CC3.[Y]. The molecule has 1 aromatic rings. The van der Waals surface area contributed by atoms with Gasteiger partial charge in [0.15, 0.2) is 0 Å². The van der Waals surface area contributed by atoms with Crippen LogP contribution in [0.1, 0.15) is 24.5 Å². The number of nitrogens with zero attached hydrogens (tertiary/aromatic N) is 3. The molecule has 4 heteroatoms. The molecule has 3 heterocycles. The third-order valence-corrected chi connectivity index (χ3v) is 3.94. The van der Waals surface area contributed by atoms with Crippen LogP contribution in [0.25, 0.3) is 0 Å². The summed E-state index contributed by atoms with van der Waals surface area (Å²) in [5, 5.41) is 6.74. The Morgan fingerprint density at radius 2 is 2.18 bits per heavy atom. The van der Waals surface area contributed by atoms with Crippen LogP contribution in [0.2, 0.25) is 0 Å². The monoisotopic (exact) mass is 301 g/mol. The molecule has 0 aliphatic carbocycles. The zero-order chi connectivity index (χ0) is 10.9. The number of hydrogen-bond donors (Lipinski definition) is 0. The van der Waals surface area contributed by atoms with E-state index < -0.39 is 0 Å². The van der Waals surface area contributed by atoms with Crippen LogP contribution in [0.5, 0.6) is 0 Å². The number of hydrazone groups is 1. The van der Waals surface area contributed by atoms with Crippen molar-refractivity contribution in [2.75, 3.05) is 11.9 Å². The molecule has 0 N–H and O–H groups in total. The number of aryl methyl sites for hydroxylation is 1. The summed E-state index contributed by atoms with van der Waals surface area (Å²) >= 11 is 0. The molecule has 1 radical (unpaired) electrons. The third-order valence-electron chi connectivity index (χ3n) is 3.94. The topological polar surface area (TPSA) is 18.8 Å². The molecule has 1 unspecified atom stereocenters. The Balaban J connectivity index is 0.000000902. The number of benzene rings is 1. The first-order valence-corrected chi connectivity index (χ1v) is 5.82.